The van der Waals surface area contributed by atoms with Gasteiger partial charge in [-0.05, 0) is 68.8 Å². The number of nitrogens with one attached hydrogen (secondary N) is 2. The van der Waals surface area contributed by atoms with Gasteiger partial charge in [-0.3, -0.25) is 9.59 Å². The molecular weight excluding hydrogens is 342 g/mol. The number of carbonyl (C=O) groups is 2. The molecule has 2 unspecified atom stereocenters. The number of nitrogens with zero attached hydrogens (tertiary/aromatic N) is 1. The third kappa shape index (κ3) is 7.59. The normalized spacial score (nSPS) is 20.1. The molecule has 0 bridgehead atoms. The highest BCUT2D eigenvalue weighted by Crippen LogP contribution is 2.21. The van der Waals surface area contributed by atoms with Crippen molar-refractivity contribution in [2.45, 2.75) is 40.0 Å². The Bertz CT molecular complexity index is 593. The maximum Gasteiger partial charge on any atom is 0.313 e. The lowest BCUT2D eigenvalue weighted by Gasteiger charge is -2.34. The first-order valence-electron chi connectivity index (χ1n) is 10.0. The van der Waals surface area contributed by atoms with Crippen LogP contribution in [-0.2, 0) is 9.59 Å². The average Bonchev–Trinajstić information content (AvgIpc) is 2.62. The van der Waals surface area contributed by atoms with E-state index in [2.05, 4.69) is 29.4 Å². The number of ether oxygens (including phenoxy) is 1. The molecule has 1 aromatic carbocycles. The molecule has 2 amide bonds. The van der Waals surface area contributed by atoms with Crippen LogP contribution in [0.25, 0.3) is 0 Å². The standard InChI is InChI=1S/C21H33N3O3/c1-4-27-19-9-7-18(8-10-19)23-21(26)20(25)22-11-5-6-12-24-14-16(2)13-17(3)15-24/h7-10,16-17H,4-6,11-15H2,1-3H3,(H,22,25)(H,23,26). The largest absolute Gasteiger partial charge is 0.494 e. The molecule has 6 nitrogen and oxygen atoms in total. The van der Waals surface area contributed by atoms with Crippen LogP contribution in [0.3, 0.4) is 0 Å². The number of hydrogen-bond donors (Lipinski definition) is 2. The molecule has 1 saturated heterocycles. The fourth-order valence-corrected chi connectivity index (χ4v) is 3.71. The zero-order chi connectivity index (χ0) is 19.6. The maximum atomic E-state index is 11.9. The summed E-state index contributed by atoms with van der Waals surface area (Å²) in [5, 5.41) is 5.29. The summed E-state index contributed by atoms with van der Waals surface area (Å²) in [6.07, 6.45) is 3.22. The molecule has 1 fully saturated rings. The van der Waals surface area contributed by atoms with Gasteiger partial charge >= 0.3 is 11.8 Å². The number of piperidine rings is 1. The molecule has 2 atom stereocenters. The molecule has 1 aliphatic heterocycles. The van der Waals surface area contributed by atoms with Crippen LogP contribution >= 0.6 is 0 Å². The Morgan fingerprint density at radius 1 is 1.07 bits per heavy atom. The molecule has 1 heterocycles. The molecule has 0 spiro atoms. The number of rotatable bonds is 8. The van der Waals surface area contributed by atoms with E-state index in [1.165, 1.54) is 19.5 Å². The number of anilines is 1. The molecule has 1 aliphatic rings. The lowest BCUT2D eigenvalue weighted by atomic mass is 9.92. The number of unbranched alkanes of at least 4 members (excludes halogenated alkanes) is 1. The van der Waals surface area contributed by atoms with Crippen LogP contribution in [0.15, 0.2) is 24.3 Å². The van der Waals surface area contributed by atoms with E-state index in [0.29, 0.717) is 18.8 Å². The Balaban J connectivity index is 1.61. The summed E-state index contributed by atoms with van der Waals surface area (Å²) in [5.41, 5.74) is 0.576. The number of likely N-dealkylation sites (tertiary alicyclic amines) is 1. The molecule has 0 aliphatic carbocycles. The van der Waals surface area contributed by atoms with Gasteiger partial charge in [-0.15, -0.1) is 0 Å². The summed E-state index contributed by atoms with van der Waals surface area (Å²) in [7, 11) is 0. The van der Waals surface area contributed by atoms with Crippen LogP contribution < -0.4 is 15.4 Å². The van der Waals surface area contributed by atoms with E-state index in [0.717, 1.165) is 37.0 Å². The van der Waals surface area contributed by atoms with Gasteiger partial charge in [0, 0.05) is 25.3 Å². The SMILES string of the molecule is CCOc1ccc(NC(=O)C(=O)NCCCCN2CC(C)CC(C)C2)cc1. The van der Waals surface area contributed by atoms with Crippen molar-refractivity contribution in [3.8, 4) is 5.75 Å². The summed E-state index contributed by atoms with van der Waals surface area (Å²) in [5.74, 6) is 1.03. The van der Waals surface area contributed by atoms with Crippen molar-refractivity contribution >= 4 is 17.5 Å². The van der Waals surface area contributed by atoms with E-state index in [1.807, 2.05) is 6.92 Å². The van der Waals surface area contributed by atoms with Crippen molar-refractivity contribution in [1.82, 2.24) is 10.2 Å². The van der Waals surface area contributed by atoms with Gasteiger partial charge in [0.05, 0.1) is 6.61 Å². The van der Waals surface area contributed by atoms with Crippen molar-refractivity contribution in [3.63, 3.8) is 0 Å². The van der Waals surface area contributed by atoms with Crippen molar-refractivity contribution in [2.75, 3.05) is 38.1 Å². The molecule has 0 radical (unpaired) electrons. The molecule has 2 rings (SSSR count). The lowest BCUT2D eigenvalue weighted by molar-refractivity contribution is -0.136. The highest BCUT2D eigenvalue weighted by atomic mass is 16.5. The average molecular weight is 376 g/mol. The van der Waals surface area contributed by atoms with Crippen molar-refractivity contribution in [3.05, 3.63) is 24.3 Å². The van der Waals surface area contributed by atoms with Crippen LogP contribution in [0.5, 0.6) is 5.75 Å². The monoisotopic (exact) mass is 375 g/mol. The quantitative estimate of drug-likeness (QED) is 0.541. The van der Waals surface area contributed by atoms with E-state index in [1.54, 1.807) is 24.3 Å². The van der Waals surface area contributed by atoms with E-state index in [9.17, 15) is 9.59 Å². The highest BCUT2D eigenvalue weighted by Gasteiger charge is 2.21. The minimum atomic E-state index is -0.641. The molecule has 0 saturated carbocycles. The summed E-state index contributed by atoms with van der Waals surface area (Å²) in [4.78, 5) is 26.4. The van der Waals surface area contributed by atoms with Crippen LogP contribution in [0.2, 0.25) is 0 Å². The number of amides is 2. The fourth-order valence-electron chi connectivity index (χ4n) is 3.71. The maximum absolute atomic E-state index is 11.9. The third-order valence-corrected chi connectivity index (χ3v) is 4.76. The van der Waals surface area contributed by atoms with Gasteiger partial charge in [-0.2, -0.15) is 0 Å². The Morgan fingerprint density at radius 2 is 1.74 bits per heavy atom. The van der Waals surface area contributed by atoms with E-state index in [4.69, 9.17) is 4.74 Å². The van der Waals surface area contributed by atoms with Gasteiger partial charge in [0.25, 0.3) is 0 Å². The van der Waals surface area contributed by atoms with Crippen LogP contribution in [0, 0.1) is 11.8 Å². The second kappa shape index (κ2) is 10.9. The second-order valence-electron chi connectivity index (χ2n) is 7.58. The third-order valence-electron chi connectivity index (χ3n) is 4.76. The zero-order valence-corrected chi connectivity index (χ0v) is 16.8. The second-order valence-corrected chi connectivity index (χ2v) is 7.58. The predicted molar refractivity (Wildman–Crippen MR) is 108 cm³/mol. The van der Waals surface area contributed by atoms with Crippen molar-refractivity contribution in [1.29, 1.82) is 0 Å². The Labute approximate surface area is 162 Å². The van der Waals surface area contributed by atoms with Gasteiger partial charge < -0.3 is 20.3 Å². The molecule has 2 N–H and O–H groups in total. The molecule has 150 valence electrons. The van der Waals surface area contributed by atoms with E-state index >= 15 is 0 Å². The summed E-state index contributed by atoms with van der Waals surface area (Å²) in [6.45, 7) is 11.0. The Kier molecular flexibility index (Phi) is 8.58. The summed E-state index contributed by atoms with van der Waals surface area (Å²) < 4.78 is 5.35. The smallest absolute Gasteiger partial charge is 0.313 e. The summed E-state index contributed by atoms with van der Waals surface area (Å²) in [6, 6.07) is 6.96. The van der Waals surface area contributed by atoms with Gasteiger partial charge in [0.15, 0.2) is 0 Å². The molecule has 0 aromatic heterocycles. The molecule has 6 heteroatoms. The van der Waals surface area contributed by atoms with Crippen LogP contribution in [0.1, 0.15) is 40.0 Å². The van der Waals surface area contributed by atoms with Crippen LogP contribution in [-0.4, -0.2) is 49.5 Å². The van der Waals surface area contributed by atoms with Crippen molar-refractivity contribution < 1.29 is 14.3 Å². The Hall–Kier alpha value is -2.08. The van der Waals surface area contributed by atoms with Gasteiger partial charge in [0.1, 0.15) is 5.75 Å². The Morgan fingerprint density at radius 3 is 2.37 bits per heavy atom. The first-order valence-corrected chi connectivity index (χ1v) is 10.0. The number of carbonyl (C=O) groups excluding carboxylic acids is 2. The molecule has 1 aromatic rings. The first kappa shape index (κ1) is 21.2. The van der Waals surface area contributed by atoms with Crippen LogP contribution in [0.4, 0.5) is 5.69 Å². The minimum absolute atomic E-state index is 0.522. The highest BCUT2D eigenvalue weighted by molar-refractivity contribution is 6.39. The summed E-state index contributed by atoms with van der Waals surface area (Å²) >= 11 is 0. The van der Waals surface area contributed by atoms with Gasteiger partial charge in [0.2, 0.25) is 0 Å². The fraction of sp³-hybridized carbons (Fsp3) is 0.619. The number of benzene rings is 1. The van der Waals surface area contributed by atoms with Crippen molar-refractivity contribution in [2.24, 2.45) is 11.8 Å². The topological polar surface area (TPSA) is 70.7 Å². The first-order chi connectivity index (χ1) is 13.0. The number of hydrogen-bond acceptors (Lipinski definition) is 4. The predicted octanol–water partition coefficient (Wildman–Crippen LogP) is 2.90. The molecule has 27 heavy (non-hydrogen) atoms. The van der Waals surface area contributed by atoms with E-state index in [-0.39, 0.29) is 0 Å². The molecular formula is C21H33N3O3. The lowest BCUT2D eigenvalue weighted by Crippen LogP contribution is -2.39. The minimum Gasteiger partial charge on any atom is -0.494 e. The van der Waals surface area contributed by atoms with Gasteiger partial charge in [-0.1, -0.05) is 13.8 Å². The zero-order valence-electron chi connectivity index (χ0n) is 16.8. The van der Waals surface area contributed by atoms with Gasteiger partial charge in [-0.25, -0.2) is 0 Å². The van der Waals surface area contributed by atoms with E-state index < -0.39 is 11.8 Å².